The lowest BCUT2D eigenvalue weighted by Gasteiger charge is -2.42. The Balaban J connectivity index is 2.10. The molecule has 0 aromatic rings. The molecule has 210 valence electrons. The van der Waals surface area contributed by atoms with E-state index >= 15 is 0 Å². The summed E-state index contributed by atoms with van der Waals surface area (Å²) in [6, 6.07) is -3.31. The van der Waals surface area contributed by atoms with Crippen LogP contribution in [0.5, 0.6) is 0 Å². The van der Waals surface area contributed by atoms with E-state index in [1.54, 1.807) is 0 Å². The van der Waals surface area contributed by atoms with Gasteiger partial charge in [-0.25, -0.2) is 4.39 Å². The Bertz CT molecular complexity index is 763. The SMILES string of the molecule is CN/C(=C(\O)C1CCC(N)[C@@H](O[C@@H]2C(N)C[C@@H](N)C(O)C2F)O1)C(O)O[C@@H](O)/C=C(\O)[C@H](N)CCO. The third-order valence-electron chi connectivity index (χ3n) is 6.25. The van der Waals surface area contributed by atoms with Gasteiger partial charge in [-0.1, -0.05) is 0 Å². The van der Waals surface area contributed by atoms with E-state index in [1.807, 2.05) is 0 Å². The molecular formula is C21H40FN5O9. The predicted octanol–water partition coefficient (Wildman–Crippen LogP) is -3.24. The highest BCUT2D eigenvalue weighted by atomic mass is 19.1. The molecule has 2 aliphatic rings. The van der Waals surface area contributed by atoms with Crippen molar-refractivity contribution in [1.82, 2.24) is 5.32 Å². The first-order valence-electron chi connectivity index (χ1n) is 11.7. The Hall–Kier alpha value is -1.63. The Labute approximate surface area is 208 Å². The quantitative estimate of drug-likeness (QED) is 0.0935. The fourth-order valence-electron chi connectivity index (χ4n) is 4.08. The van der Waals surface area contributed by atoms with Crippen molar-refractivity contribution in [2.75, 3.05) is 13.7 Å². The van der Waals surface area contributed by atoms with Gasteiger partial charge in [0.05, 0.1) is 12.1 Å². The summed E-state index contributed by atoms with van der Waals surface area (Å²) in [5.41, 5.74) is 23.1. The lowest BCUT2D eigenvalue weighted by molar-refractivity contribution is -0.244. The van der Waals surface area contributed by atoms with Crippen molar-refractivity contribution >= 4 is 0 Å². The number of hydrogen-bond donors (Lipinski definition) is 11. The average Bonchev–Trinajstić information content (AvgIpc) is 2.81. The molecule has 1 saturated carbocycles. The predicted molar refractivity (Wildman–Crippen MR) is 124 cm³/mol. The molecule has 36 heavy (non-hydrogen) atoms. The Morgan fingerprint density at radius 1 is 1.17 bits per heavy atom. The molecule has 1 aliphatic heterocycles. The molecule has 2 rings (SSSR count). The summed E-state index contributed by atoms with van der Waals surface area (Å²) in [6.07, 6.45) is -9.08. The van der Waals surface area contributed by atoms with Crippen LogP contribution in [0.3, 0.4) is 0 Å². The molecule has 15 heteroatoms. The van der Waals surface area contributed by atoms with Crippen molar-refractivity contribution in [3.8, 4) is 0 Å². The number of nitrogens with two attached hydrogens (primary N) is 4. The van der Waals surface area contributed by atoms with Gasteiger partial charge in [-0.3, -0.25) is 0 Å². The van der Waals surface area contributed by atoms with E-state index in [2.05, 4.69) is 5.32 Å². The lowest BCUT2D eigenvalue weighted by atomic mass is 9.85. The van der Waals surface area contributed by atoms with E-state index in [-0.39, 0.29) is 38.0 Å². The fourth-order valence-corrected chi connectivity index (χ4v) is 4.08. The van der Waals surface area contributed by atoms with Gasteiger partial charge in [0.25, 0.3) is 0 Å². The summed E-state index contributed by atoms with van der Waals surface area (Å²) in [5, 5.41) is 62.3. The molecule has 2 fully saturated rings. The van der Waals surface area contributed by atoms with Crippen molar-refractivity contribution in [2.24, 2.45) is 22.9 Å². The minimum atomic E-state index is -1.89. The second-order valence-corrected chi connectivity index (χ2v) is 8.97. The molecule has 0 aromatic heterocycles. The maximum absolute atomic E-state index is 14.7. The lowest BCUT2D eigenvalue weighted by Crippen LogP contribution is -2.62. The summed E-state index contributed by atoms with van der Waals surface area (Å²) in [4.78, 5) is 0. The van der Waals surface area contributed by atoms with Crippen LogP contribution in [0, 0.1) is 0 Å². The highest BCUT2D eigenvalue weighted by Crippen LogP contribution is 2.30. The minimum Gasteiger partial charge on any atom is -0.511 e. The number of aliphatic hydroxyl groups excluding tert-OH is 6. The van der Waals surface area contributed by atoms with Crippen LogP contribution in [0.2, 0.25) is 0 Å². The normalized spacial score (nSPS) is 37.1. The molecular weight excluding hydrogens is 485 g/mol. The Morgan fingerprint density at radius 3 is 2.44 bits per heavy atom. The number of likely N-dealkylation sites (N-methyl/N-ethyl adjacent to an activating group) is 1. The first-order chi connectivity index (χ1) is 16.9. The molecule has 0 aromatic carbocycles. The average molecular weight is 526 g/mol. The number of ether oxygens (including phenoxy) is 3. The topological polar surface area (TPSA) is 265 Å². The number of aliphatic hydroxyl groups is 6. The van der Waals surface area contributed by atoms with Gasteiger partial charge in [-0.15, -0.1) is 0 Å². The van der Waals surface area contributed by atoms with Gasteiger partial charge in [0.15, 0.2) is 18.8 Å². The van der Waals surface area contributed by atoms with Crippen molar-refractivity contribution in [3.05, 3.63) is 23.3 Å². The molecule has 0 spiro atoms. The van der Waals surface area contributed by atoms with Gasteiger partial charge in [-0.05, 0) is 25.7 Å². The minimum absolute atomic E-state index is 0.0329. The van der Waals surface area contributed by atoms with Crippen molar-refractivity contribution in [1.29, 1.82) is 0 Å². The third-order valence-corrected chi connectivity index (χ3v) is 6.25. The number of alkyl halides is 1. The van der Waals surface area contributed by atoms with Crippen LogP contribution in [-0.2, 0) is 14.2 Å². The highest BCUT2D eigenvalue weighted by Gasteiger charge is 2.45. The first kappa shape index (κ1) is 30.6. The van der Waals surface area contributed by atoms with Crippen LogP contribution in [-0.4, -0.2) is 112 Å². The maximum atomic E-state index is 14.7. The molecule has 0 amide bonds. The molecule has 1 aliphatic carbocycles. The zero-order chi connectivity index (χ0) is 27.2. The Kier molecular flexibility index (Phi) is 11.7. The fraction of sp³-hybridized carbons (Fsp3) is 0.810. The first-order valence-corrected chi connectivity index (χ1v) is 11.7. The second kappa shape index (κ2) is 13.8. The molecule has 1 saturated heterocycles. The highest BCUT2D eigenvalue weighted by molar-refractivity contribution is 5.14. The molecule has 1 heterocycles. The molecule has 6 unspecified atom stereocenters. The van der Waals surface area contributed by atoms with E-state index in [1.165, 1.54) is 7.05 Å². The van der Waals surface area contributed by atoms with Gasteiger partial charge in [0.2, 0.25) is 6.29 Å². The van der Waals surface area contributed by atoms with E-state index in [9.17, 15) is 29.9 Å². The number of rotatable bonds is 11. The standard InChI is InChI=1S/C21H40FN5O9/c1-27-16(20(33)35-14(30)7-12(29)8(23)4-5-28)18(32)13-3-2-9(24)21(34-13)36-19-11(26)6-10(25)17(31)15(19)22/h7-11,13-15,17,19-21,27-33H,2-6,23-26H2,1H3/b12-7-,18-16-/t8-,9?,10-,11?,13?,14-,15?,17?,19-,20?,21-/m1/s1. The summed E-state index contributed by atoms with van der Waals surface area (Å²) in [7, 11) is 1.37. The Morgan fingerprint density at radius 2 is 1.83 bits per heavy atom. The van der Waals surface area contributed by atoms with E-state index in [0.717, 1.165) is 6.08 Å². The van der Waals surface area contributed by atoms with Crippen LogP contribution in [0.15, 0.2) is 23.3 Å². The van der Waals surface area contributed by atoms with Crippen LogP contribution >= 0.6 is 0 Å². The van der Waals surface area contributed by atoms with E-state index < -0.39 is 79.0 Å². The number of nitrogens with one attached hydrogen (secondary N) is 1. The van der Waals surface area contributed by atoms with Gasteiger partial charge in [0, 0.05) is 31.8 Å². The van der Waals surface area contributed by atoms with Gasteiger partial charge < -0.3 is 73.1 Å². The second-order valence-electron chi connectivity index (χ2n) is 8.97. The van der Waals surface area contributed by atoms with Crippen LogP contribution < -0.4 is 28.3 Å². The van der Waals surface area contributed by atoms with Crippen LogP contribution in [0.4, 0.5) is 4.39 Å². The summed E-state index contributed by atoms with van der Waals surface area (Å²) in [5.74, 6) is -0.958. The maximum Gasteiger partial charge on any atom is 0.202 e. The summed E-state index contributed by atoms with van der Waals surface area (Å²) < 4.78 is 31.1. The van der Waals surface area contributed by atoms with Crippen molar-refractivity contribution in [3.63, 3.8) is 0 Å². The number of halogens is 1. The van der Waals surface area contributed by atoms with Gasteiger partial charge in [-0.2, -0.15) is 0 Å². The molecule has 0 bridgehead atoms. The van der Waals surface area contributed by atoms with Crippen LogP contribution in [0.25, 0.3) is 0 Å². The molecule has 11 atom stereocenters. The largest absolute Gasteiger partial charge is 0.511 e. The molecule has 14 nitrogen and oxygen atoms in total. The zero-order valence-electron chi connectivity index (χ0n) is 20.1. The van der Waals surface area contributed by atoms with Gasteiger partial charge >= 0.3 is 0 Å². The molecule has 15 N–H and O–H groups in total. The monoisotopic (exact) mass is 525 g/mol. The third kappa shape index (κ3) is 7.69. The summed E-state index contributed by atoms with van der Waals surface area (Å²) in [6.45, 7) is -0.290. The smallest absolute Gasteiger partial charge is 0.202 e. The summed E-state index contributed by atoms with van der Waals surface area (Å²) >= 11 is 0. The number of hydrogen-bond acceptors (Lipinski definition) is 14. The molecule has 0 radical (unpaired) electrons. The van der Waals surface area contributed by atoms with Crippen molar-refractivity contribution in [2.45, 2.75) is 93.2 Å². The van der Waals surface area contributed by atoms with Gasteiger partial charge in [0.1, 0.15) is 35.5 Å². The van der Waals surface area contributed by atoms with E-state index in [0.29, 0.717) is 0 Å². The van der Waals surface area contributed by atoms with Crippen molar-refractivity contribution < 1.29 is 49.2 Å². The van der Waals surface area contributed by atoms with Crippen LogP contribution in [0.1, 0.15) is 25.7 Å². The van der Waals surface area contributed by atoms with E-state index in [4.69, 9.17) is 42.3 Å². The zero-order valence-corrected chi connectivity index (χ0v) is 20.1.